The van der Waals surface area contributed by atoms with Crippen LogP contribution in [0.25, 0.3) is 0 Å². The minimum atomic E-state index is 0.0487. The molecule has 1 saturated heterocycles. The minimum Gasteiger partial charge on any atom is -0.324 e. The third-order valence-electron chi connectivity index (χ3n) is 3.97. The lowest BCUT2D eigenvalue weighted by Crippen LogP contribution is -2.48. The van der Waals surface area contributed by atoms with E-state index in [1.165, 1.54) is 0 Å². The summed E-state index contributed by atoms with van der Waals surface area (Å²) in [6.07, 6.45) is 0. The molecule has 1 N–H and O–H groups in total. The third-order valence-corrected chi connectivity index (χ3v) is 4.09. The molecule has 0 atom stereocenters. The lowest BCUT2D eigenvalue weighted by Gasteiger charge is -2.34. The van der Waals surface area contributed by atoms with Crippen LogP contribution in [0, 0.1) is 13.8 Å². The number of nitrogens with one attached hydrogen (secondary N) is 1. The van der Waals surface area contributed by atoms with E-state index < -0.39 is 0 Å². The molecule has 2 rings (SSSR count). The van der Waals surface area contributed by atoms with Crippen LogP contribution in [0.3, 0.4) is 0 Å². The zero-order chi connectivity index (χ0) is 16.1. The van der Waals surface area contributed by atoms with E-state index in [0.717, 1.165) is 49.5 Å². The summed E-state index contributed by atoms with van der Waals surface area (Å²) in [5.41, 5.74) is 3.13. The molecule has 1 aromatic rings. The fraction of sp³-hybridized carbons (Fsp3) is 0.471. The summed E-state index contributed by atoms with van der Waals surface area (Å²) in [7, 11) is 0. The summed E-state index contributed by atoms with van der Waals surface area (Å²) >= 11 is 5.84. The molecule has 5 heteroatoms. The normalized spacial score (nSPS) is 16.5. The lowest BCUT2D eigenvalue weighted by atomic mass is 10.1. The van der Waals surface area contributed by atoms with Gasteiger partial charge in [0, 0.05) is 43.4 Å². The van der Waals surface area contributed by atoms with Crippen molar-refractivity contribution in [1.29, 1.82) is 0 Å². The molecule has 4 nitrogen and oxygen atoms in total. The molecular weight excluding hydrogens is 298 g/mol. The number of benzene rings is 1. The van der Waals surface area contributed by atoms with Gasteiger partial charge in [0.25, 0.3) is 0 Å². The predicted molar refractivity (Wildman–Crippen MR) is 92.4 cm³/mol. The van der Waals surface area contributed by atoms with Gasteiger partial charge in [-0.1, -0.05) is 36.4 Å². The average Bonchev–Trinajstić information content (AvgIpc) is 2.45. The van der Waals surface area contributed by atoms with Gasteiger partial charge in [-0.05, 0) is 25.0 Å². The Morgan fingerprint density at radius 3 is 2.14 bits per heavy atom. The number of aryl methyl sites for hydroxylation is 2. The summed E-state index contributed by atoms with van der Waals surface area (Å²) in [5, 5.41) is 3.71. The Bertz CT molecular complexity index is 531. The maximum atomic E-state index is 12.2. The van der Waals surface area contributed by atoms with Gasteiger partial charge in [-0.15, -0.1) is 0 Å². The van der Waals surface area contributed by atoms with E-state index in [4.69, 9.17) is 11.6 Å². The molecule has 120 valence electrons. The van der Waals surface area contributed by atoms with E-state index in [1.807, 2.05) is 32.0 Å². The largest absolute Gasteiger partial charge is 0.324 e. The standard InChI is InChI=1S/C17H24ClN3O/c1-13-5-4-6-14(2)17(13)19-16(22)12-21-9-7-20(8-10-21)11-15(3)18/h4-6H,3,7-12H2,1-2H3,(H,19,22). The molecule has 1 aliphatic rings. The zero-order valence-corrected chi connectivity index (χ0v) is 14.1. The van der Waals surface area contributed by atoms with Crippen molar-refractivity contribution in [3.8, 4) is 0 Å². The maximum Gasteiger partial charge on any atom is 0.238 e. The van der Waals surface area contributed by atoms with Gasteiger partial charge in [-0.3, -0.25) is 14.6 Å². The lowest BCUT2D eigenvalue weighted by molar-refractivity contribution is -0.117. The van der Waals surface area contributed by atoms with E-state index in [1.54, 1.807) is 0 Å². The molecule has 22 heavy (non-hydrogen) atoms. The van der Waals surface area contributed by atoms with Crippen LogP contribution in [0.1, 0.15) is 11.1 Å². The first-order valence-electron chi connectivity index (χ1n) is 7.60. The molecule has 1 aromatic carbocycles. The summed E-state index contributed by atoms with van der Waals surface area (Å²) in [5.74, 6) is 0.0487. The molecule has 0 saturated carbocycles. The van der Waals surface area contributed by atoms with Crippen molar-refractivity contribution in [2.75, 3.05) is 44.6 Å². The second-order valence-corrected chi connectivity index (χ2v) is 6.42. The number of nitrogens with zero attached hydrogens (tertiary/aromatic N) is 2. The topological polar surface area (TPSA) is 35.6 Å². The van der Waals surface area contributed by atoms with Crippen LogP contribution in [-0.4, -0.2) is 55.0 Å². The summed E-state index contributed by atoms with van der Waals surface area (Å²) in [6, 6.07) is 6.03. The molecule has 0 radical (unpaired) electrons. The van der Waals surface area contributed by atoms with Crippen LogP contribution < -0.4 is 5.32 Å². The van der Waals surface area contributed by atoms with E-state index >= 15 is 0 Å². The van der Waals surface area contributed by atoms with Crippen LogP contribution in [0.5, 0.6) is 0 Å². The highest BCUT2D eigenvalue weighted by molar-refractivity contribution is 6.29. The van der Waals surface area contributed by atoms with Gasteiger partial charge in [-0.2, -0.15) is 0 Å². The molecule has 0 unspecified atom stereocenters. The fourth-order valence-electron chi connectivity index (χ4n) is 2.74. The summed E-state index contributed by atoms with van der Waals surface area (Å²) < 4.78 is 0. The quantitative estimate of drug-likeness (QED) is 0.905. The molecule has 0 aromatic heterocycles. The van der Waals surface area contributed by atoms with E-state index in [-0.39, 0.29) is 5.91 Å². The first-order valence-corrected chi connectivity index (χ1v) is 7.97. The number of piperazine rings is 1. The first-order chi connectivity index (χ1) is 10.5. The maximum absolute atomic E-state index is 12.2. The molecule has 1 fully saturated rings. The van der Waals surface area contributed by atoms with Crippen LogP contribution in [0.2, 0.25) is 0 Å². The van der Waals surface area contributed by atoms with Crippen molar-refractivity contribution < 1.29 is 4.79 Å². The monoisotopic (exact) mass is 321 g/mol. The molecule has 1 aliphatic heterocycles. The molecule has 0 spiro atoms. The Labute approximate surface area is 137 Å². The number of hydrogen-bond donors (Lipinski definition) is 1. The number of para-hydroxylation sites is 1. The highest BCUT2D eigenvalue weighted by Gasteiger charge is 2.19. The summed E-state index contributed by atoms with van der Waals surface area (Å²) in [6.45, 7) is 12.5. The van der Waals surface area contributed by atoms with Crippen LogP contribution in [0.4, 0.5) is 5.69 Å². The van der Waals surface area contributed by atoms with Crippen molar-refractivity contribution in [2.45, 2.75) is 13.8 Å². The number of halogens is 1. The minimum absolute atomic E-state index is 0.0487. The number of amides is 1. The Hall–Kier alpha value is -1.36. The fourth-order valence-corrected chi connectivity index (χ4v) is 2.91. The van der Waals surface area contributed by atoms with Crippen molar-refractivity contribution in [3.05, 3.63) is 40.9 Å². The molecule has 1 amide bonds. The Morgan fingerprint density at radius 2 is 1.64 bits per heavy atom. The van der Waals surface area contributed by atoms with Crippen LogP contribution >= 0.6 is 11.6 Å². The van der Waals surface area contributed by atoms with Gasteiger partial charge in [-0.25, -0.2) is 0 Å². The van der Waals surface area contributed by atoms with Gasteiger partial charge in [0.2, 0.25) is 5.91 Å². The van der Waals surface area contributed by atoms with Crippen LogP contribution in [-0.2, 0) is 4.79 Å². The Kier molecular flexibility index (Phi) is 6.00. The highest BCUT2D eigenvalue weighted by Crippen LogP contribution is 2.19. The Morgan fingerprint density at radius 1 is 1.14 bits per heavy atom. The van der Waals surface area contributed by atoms with E-state index in [9.17, 15) is 4.79 Å². The highest BCUT2D eigenvalue weighted by atomic mass is 35.5. The average molecular weight is 322 g/mol. The number of hydrogen-bond acceptors (Lipinski definition) is 3. The van der Waals surface area contributed by atoms with Gasteiger partial charge >= 0.3 is 0 Å². The van der Waals surface area contributed by atoms with E-state index in [2.05, 4.69) is 21.7 Å². The molecule has 1 heterocycles. The predicted octanol–water partition coefficient (Wildman–Crippen LogP) is 2.61. The smallest absolute Gasteiger partial charge is 0.238 e. The van der Waals surface area contributed by atoms with Gasteiger partial charge in [0.1, 0.15) is 0 Å². The number of carbonyl (C=O) groups is 1. The van der Waals surface area contributed by atoms with Gasteiger partial charge in [0.05, 0.1) is 6.54 Å². The molecular formula is C17H24ClN3O. The SMILES string of the molecule is C=C(Cl)CN1CCN(CC(=O)Nc2c(C)cccc2C)CC1. The molecule has 0 aliphatic carbocycles. The summed E-state index contributed by atoms with van der Waals surface area (Å²) in [4.78, 5) is 16.7. The zero-order valence-electron chi connectivity index (χ0n) is 13.4. The van der Waals surface area contributed by atoms with Crippen molar-refractivity contribution in [3.63, 3.8) is 0 Å². The first kappa shape index (κ1) is 17.0. The van der Waals surface area contributed by atoms with Crippen molar-refractivity contribution in [1.82, 2.24) is 9.80 Å². The van der Waals surface area contributed by atoms with Crippen molar-refractivity contribution in [2.24, 2.45) is 0 Å². The number of rotatable bonds is 5. The second kappa shape index (κ2) is 7.77. The molecule has 0 bridgehead atoms. The second-order valence-electron chi connectivity index (χ2n) is 5.88. The Balaban J connectivity index is 1.82. The van der Waals surface area contributed by atoms with Crippen molar-refractivity contribution >= 4 is 23.2 Å². The number of carbonyl (C=O) groups excluding carboxylic acids is 1. The number of anilines is 1. The van der Waals surface area contributed by atoms with Gasteiger partial charge in [0.15, 0.2) is 0 Å². The van der Waals surface area contributed by atoms with Gasteiger partial charge < -0.3 is 5.32 Å². The van der Waals surface area contributed by atoms with Crippen LogP contribution in [0.15, 0.2) is 29.8 Å². The third kappa shape index (κ3) is 4.83. The van der Waals surface area contributed by atoms with E-state index in [0.29, 0.717) is 11.6 Å².